The first-order valence-electron chi connectivity index (χ1n) is 28.3. The Bertz CT molecular complexity index is 2840. The average molecular weight is 1200 g/mol. The number of esters is 1. The summed E-state index contributed by atoms with van der Waals surface area (Å²) >= 11 is 13.6. The van der Waals surface area contributed by atoms with Crippen molar-refractivity contribution in [2.75, 3.05) is 44.6 Å². The van der Waals surface area contributed by atoms with Gasteiger partial charge in [0.05, 0.1) is 48.5 Å². The number of urea groups is 1. The van der Waals surface area contributed by atoms with Crippen LogP contribution in [-0.2, 0) is 65.4 Å². The summed E-state index contributed by atoms with van der Waals surface area (Å²) in [5.41, 5.74) is 4.80. The Labute approximate surface area is 495 Å². The van der Waals surface area contributed by atoms with Gasteiger partial charge in [-0.2, -0.15) is 0 Å². The van der Waals surface area contributed by atoms with Crippen LogP contribution in [0.15, 0.2) is 54.1 Å². The molecule has 6 rings (SSSR count). The molecule has 1 unspecified atom stereocenters. The second-order valence-electron chi connectivity index (χ2n) is 23.0. The predicted octanol–water partition coefficient (Wildman–Crippen LogP) is 7.51. The number of carbonyl (C=O) groups excluding carboxylic acids is 9. The molecule has 83 heavy (non-hydrogen) atoms. The maximum atomic E-state index is 14.4. The van der Waals surface area contributed by atoms with Crippen LogP contribution in [0.2, 0.25) is 10.0 Å². The van der Waals surface area contributed by atoms with Gasteiger partial charge in [0.25, 0.3) is 0 Å². The van der Waals surface area contributed by atoms with Crippen molar-refractivity contribution in [1.82, 2.24) is 15.5 Å². The van der Waals surface area contributed by atoms with Gasteiger partial charge in [0.15, 0.2) is 5.78 Å². The van der Waals surface area contributed by atoms with E-state index in [1.165, 1.54) is 43.2 Å². The minimum absolute atomic E-state index is 0.0108. The van der Waals surface area contributed by atoms with E-state index >= 15 is 0 Å². The number of benzene rings is 2. The maximum Gasteiger partial charge on any atom is 0.412 e. The number of unbranched alkanes of at least 4 members (excludes halogenated alkanes) is 2. The first kappa shape index (κ1) is 65.8. The SMILES string of the molecule is COc1cc2cc(c1Cl)N(C)C(=O)C[C@H](OC(=O)Nc1ccc(CC(=O)[C@H](CCCNC(N)=O)NC(=O)[C@@H](CC(=O)CCCCCN3C(=O)CC(C)C3=O)C(C)C)cc1Cl)[C@]1(C)O[C@H]1[C@H](C)[C@@H]1C[C@@](O)(CC(=O)O1)[C@H](OC)/C=C/C=C(\C)C2. The second kappa shape index (κ2) is 28.9. The van der Waals surface area contributed by atoms with Crippen LogP contribution in [0.4, 0.5) is 21.0 Å². The van der Waals surface area contributed by atoms with Crippen molar-refractivity contribution in [3.63, 3.8) is 0 Å². The highest BCUT2D eigenvalue weighted by atomic mass is 35.5. The number of fused-ring (bicyclic) bond motifs is 5. The van der Waals surface area contributed by atoms with Crippen LogP contribution in [0.1, 0.15) is 123 Å². The van der Waals surface area contributed by atoms with Crippen LogP contribution in [-0.4, -0.2) is 139 Å². The van der Waals surface area contributed by atoms with E-state index in [0.29, 0.717) is 49.2 Å². The quantitative estimate of drug-likeness (QED) is 0.0330. The molecule has 2 aromatic rings. The summed E-state index contributed by atoms with van der Waals surface area (Å²) in [6.07, 6.45) is 2.37. The third kappa shape index (κ3) is 17.1. The number of nitrogens with two attached hydrogens (primary N) is 1. The Hall–Kier alpha value is -6.39. The van der Waals surface area contributed by atoms with E-state index in [1.54, 1.807) is 51.1 Å². The molecule has 0 aliphatic carbocycles. The molecule has 454 valence electrons. The molecule has 10 atom stereocenters. The smallest absolute Gasteiger partial charge is 0.412 e. The Balaban J connectivity index is 1.16. The van der Waals surface area contributed by atoms with E-state index < -0.39 is 95.6 Å². The maximum absolute atomic E-state index is 14.4. The van der Waals surface area contributed by atoms with Gasteiger partial charge in [-0.05, 0) is 87.3 Å². The number of allylic oxidation sites excluding steroid dienone is 3. The Morgan fingerprint density at radius 2 is 1.71 bits per heavy atom. The molecular formula is C60H80Cl2N6O15. The second-order valence-corrected chi connectivity index (χ2v) is 23.8. The summed E-state index contributed by atoms with van der Waals surface area (Å²) in [5.74, 6) is -4.16. The number of carbonyl (C=O) groups is 9. The molecular weight excluding hydrogens is 1120 g/mol. The van der Waals surface area contributed by atoms with Gasteiger partial charge in [-0.3, -0.25) is 43.8 Å². The van der Waals surface area contributed by atoms with Gasteiger partial charge >= 0.3 is 18.1 Å². The Kier molecular flexibility index (Phi) is 22.9. The van der Waals surface area contributed by atoms with Crippen LogP contribution >= 0.6 is 23.2 Å². The number of aliphatic hydroxyl groups is 1. The number of ether oxygens (including phenoxy) is 5. The van der Waals surface area contributed by atoms with E-state index in [0.717, 1.165) is 11.1 Å². The number of methoxy groups -OCH3 is 2. The first-order chi connectivity index (χ1) is 39.2. The molecule has 4 aliphatic rings. The number of nitrogens with zero attached hydrogens (tertiary/aromatic N) is 2. The monoisotopic (exact) mass is 1190 g/mol. The molecule has 3 fully saturated rings. The Morgan fingerprint density at radius 1 is 0.976 bits per heavy atom. The number of halogens is 2. The van der Waals surface area contributed by atoms with E-state index in [2.05, 4.69) is 16.0 Å². The summed E-state index contributed by atoms with van der Waals surface area (Å²) in [7, 11) is 4.44. The molecule has 6 N–H and O–H groups in total. The topological polar surface area (TPSA) is 292 Å². The zero-order valence-electron chi connectivity index (χ0n) is 48.8. The van der Waals surface area contributed by atoms with E-state index in [-0.39, 0.29) is 103 Å². The van der Waals surface area contributed by atoms with Crippen LogP contribution < -0.4 is 31.3 Å². The average Bonchev–Trinajstić information content (AvgIpc) is 2.74. The number of primary amides is 1. The van der Waals surface area contributed by atoms with Crippen molar-refractivity contribution >= 4 is 87.9 Å². The largest absolute Gasteiger partial charge is 0.495 e. The lowest BCUT2D eigenvalue weighted by Gasteiger charge is -2.41. The molecule has 4 heterocycles. The van der Waals surface area contributed by atoms with Crippen LogP contribution in [0.5, 0.6) is 5.75 Å². The van der Waals surface area contributed by atoms with Crippen molar-refractivity contribution in [2.24, 2.45) is 29.4 Å². The highest BCUT2D eigenvalue weighted by Gasteiger charge is 2.64. The normalized spacial score (nSPS) is 26.4. The van der Waals surface area contributed by atoms with Crippen molar-refractivity contribution in [2.45, 2.75) is 167 Å². The Morgan fingerprint density at radius 3 is 2.36 bits per heavy atom. The number of likely N-dealkylation sites (tertiary alicyclic amines) is 1. The standard InChI is InChI=1S/C60H80Cl2N6O15/c1-33(2)40(29-39(69)16-11-10-12-22-68-51(72)24-35(4)56(68)75)55(74)65-43(17-14-21-64-57(63)76)45(70)27-37-19-20-42(41(61)25-37)66-58(77)82-49-30-50(71)67(7)44-26-38(28-46(79-8)53(44)62)23-34(3)15-13-18-48(80-9)60(78)31-47(81-52(73)32-60)36(5)54-59(49,6)83-54/h13,15,18-20,25-26,28,33,35-36,40,43,47-49,54,78H,10-12,14,16-17,21-24,27,29-32H2,1-9H3,(H,65,74)(H,66,77)(H3,63,64,76)/b18-13+,34-15+/t35?,36-,40+,43+,47+,48-,49+,54+,59+,60-/m1/s1. The number of Topliss-reactive ketones (excluding diaryl/α,β-unsaturated/α-hetero) is 2. The molecule has 7 amide bonds. The minimum atomic E-state index is -1.65. The van der Waals surface area contributed by atoms with E-state index in [4.69, 9.17) is 52.6 Å². The van der Waals surface area contributed by atoms with Gasteiger partial charge in [0, 0.05) is 77.1 Å². The molecule has 21 nitrogen and oxygen atoms in total. The minimum Gasteiger partial charge on any atom is -0.495 e. The first-order valence-corrected chi connectivity index (χ1v) is 29.0. The van der Waals surface area contributed by atoms with Crippen LogP contribution in [0, 0.1) is 23.7 Å². The number of anilines is 2. The molecule has 2 aromatic carbocycles. The fourth-order valence-electron chi connectivity index (χ4n) is 11.2. The van der Waals surface area contributed by atoms with Gasteiger partial charge in [-0.1, -0.05) is 87.2 Å². The van der Waals surface area contributed by atoms with Crippen LogP contribution in [0.3, 0.4) is 0 Å². The number of amides is 7. The lowest BCUT2D eigenvalue weighted by Crippen LogP contribution is -2.53. The molecule has 4 bridgehead atoms. The lowest BCUT2D eigenvalue weighted by molar-refractivity contribution is -0.187. The summed E-state index contributed by atoms with van der Waals surface area (Å²) < 4.78 is 29.6. The molecule has 23 heteroatoms. The number of hydrogen-bond donors (Lipinski definition) is 5. The fourth-order valence-corrected chi connectivity index (χ4v) is 11.7. The summed E-state index contributed by atoms with van der Waals surface area (Å²) in [6, 6.07) is 6.24. The van der Waals surface area contributed by atoms with Crippen molar-refractivity contribution in [3.05, 3.63) is 75.3 Å². The van der Waals surface area contributed by atoms with Crippen molar-refractivity contribution < 1.29 is 71.9 Å². The third-order valence-corrected chi connectivity index (χ3v) is 16.9. The molecule has 0 saturated carbocycles. The number of imide groups is 1. The van der Waals surface area contributed by atoms with E-state index in [1.807, 2.05) is 26.8 Å². The zero-order valence-corrected chi connectivity index (χ0v) is 50.3. The number of nitrogens with one attached hydrogen (secondary N) is 3. The third-order valence-electron chi connectivity index (χ3n) is 16.2. The van der Waals surface area contributed by atoms with Crippen molar-refractivity contribution in [3.8, 4) is 5.75 Å². The summed E-state index contributed by atoms with van der Waals surface area (Å²) in [4.78, 5) is 121. The molecule has 0 aromatic heterocycles. The van der Waals surface area contributed by atoms with Crippen molar-refractivity contribution in [1.29, 1.82) is 0 Å². The molecule has 0 radical (unpaired) electrons. The van der Waals surface area contributed by atoms with Gasteiger partial charge in [-0.25, -0.2) is 9.59 Å². The number of ketones is 2. The van der Waals surface area contributed by atoms with Gasteiger partial charge in [0.2, 0.25) is 23.6 Å². The highest BCUT2D eigenvalue weighted by molar-refractivity contribution is 6.35. The van der Waals surface area contributed by atoms with Gasteiger partial charge in [-0.15, -0.1) is 0 Å². The van der Waals surface area contributed by atoms with Crippen LogP contribution in [0.25, 0.3) is 0 Å². The highest BCUT2D eigenvalue weighted by Crippen LogP contribution is 2.50. The lowest BCUT2D eigenvalue weighted by atomic mass is 9.78. The van der Waals surface area contributed by atoms with Gasteiger partial charge < -0.3 is 50.1 Å². The molecule has 0 spiro atoms. The molecule has 3 saturated heterocycles. The van der Waals surface area contributed by atoms with Gasteiger partial charge in [0.1, 0.15) is 46.1 Å². The molecule has 4 aliphatic heterocycles. The summed E-state index contributed by atoms with van der Waals surface area (Å²) in [5, 5.41) is 20.2. The number of hydrogen-bond acceptors (Lipinski definition) is 15. The van der Waals surface area contributed by atoms with E-state index in [9.17, 15) is 48.3 Å². The number of epoxide rings is 1. The summed E-state index contributed by atoms with van der Waals surface area (Å²) in [6.45, 7) is 11.1. The predicted molar refractivity (Wildman–Crippen MR) is 310 cm³/mol. The zero-order chi connectivity index (χ0) is 61.1. The fraction of sp³-hybridized carbons (Fsp3) is 0.583. The number of rotatable bonds is 22.